The van der Waals surface area contributed by atoms with Crippen LogP contribution in [-0.4, -0.2) is 0 Å². The SMILES string of the molecule is Cc1ccc(NCc2ccc(Br)c(C)c2)cc1Cl. The summed E-state index contributed by atoms with van der Waals surface area (Å²) < 4.78 is 1.14. The van der Waals surface area contributed by atoms with E-state index in [0.717, 1.165) is 27.3 Å². The van der Waals surface area contributed by atoms with Crippen molar-refractivity contribution >= 4 is 33.2 Å². The Morgan fingerprint density at radius 2 is 1.83 bits per heavy atom. The lowest BCUT2D eigenvalue weighted by molar-refractivity contribution is 1.14. The van der Waals surface area contributed by atoms with Gasteiger partial charge in [-0.2, -0.15) is 0 Å². The standard InChI is InChI=1S/C15H15BrClN/c1-10-3-5-13(8-15(10)17)18-9-12-4-6-14(16)11(2)7-12/h3-8,18H,9H2,1-2H3. The molecule has 0 heterocycles. The van der Waals surface area contributed by atoms with Crippen molar-refractivity contribution in [3.8, 4) is 0 Å². The molecule has 18 heavy (non-hydrogen) atoms. The molecule has 2 rings (SSSR count). The topological polar surface area (TPSA) is 12.0 Å². The summed E-state index contributed by atoms with van der Waals surface area (Å²) >= 11 is 9.60. The molecule has 0 saturated heterocycles. The first-order valence-electron chi connectivity index (χ1n) is 5.81. The zero-order valence-electron chi connectivity index (χ0n) is 10.4. The average molecular weight is 325 g/mol. The zero-order chi connectivity index (χ0) is 13.1. The Hall–Kier alpha value is -0.990. The maximum Gasteiger partial charge on any atom is 0.0455 e. The summed E-state index contributed by atoms with van der Waals surface area (Å²) in [7, 11) is 0. The fraction of sp³-hybridized carbons (Fsp3) is 0.200. The van der Waals surface area contributed by atoms with Crippen molar-refractivity contribution in [1.82, 2.24) is 0 Å². The Morgan fingerprint density at radius 3 is 2.50 bits per heavy atom. The summed E-state index contributed by atoms with van der Waals surface area (Å²) in [4.78, 5) is 0. The Bertz CT molecular complexity index is 515. The van der Waals surface area contributed by atoms with Gasteiger partial charge in [0.25, 0.3) is 0 Å². The molecule has 0 fully saturated rings. The first kappa shape index (κ1) is 13.4. The van der Waals surface area contributed by atoms with Crippen LogP contribution in [0.15, 0.2) is 40.9 Å². The van der Waals surface area contributed by atoms with Gasteiger partial charge in [-0.1, -0.05) is 45.7 Å². The highest BCUT2D eigenvalue weighted by Gasteiger charge is 2.00. The molecule has 0 unspecified atom stereocenters. The molecule has 0 spiro atoms. The molecule has 2 aromatic carbocycles. The Kier molecular flexibility index (Phi) is 4.31. The molecule has 0 aliphatic rings. The predicted molar refractivity (Wildman–Crippen MR) is 82.4 cm³/mol. The number of nitrogens with one attached hydrogen (secondary N) is 1. The third-order valence-electron chi connectivity index (χ3n) is 2.89. The number of hydrogen-bond acceptors (Lipinski definition) is 1. The van der Waals surface area contributed by atoms with Gasteiger partial charge in [-0.25, -0.2) is 0 Å². The van der Waals surface area contributed by atoms with Crippen molar-refractivity contribution in [3.05, 3.63) is 62.6 Å². The van der Waals surface area contributed by atoms with Crippen LogP contribution >= 0.6 is 27.5 Å². The van der Waals surface area contributed by atoms with Crippen LogP contribution in [0.5, 0.6) is 0 Å². The lowest BCUT2D eigenvalue weighted by atomic mass is 10.1. The molecule has 94 valence electrons. The number of halogens is 2. The van der Waals surface area contributed by atoms with Crippen LogP contribution in [0.25, 0.3) is 0 Å². The third-order valence-corrected chi connectivity index (χ3v) is 4.19. The Balaban J connectivity index is 2.06. The smallest absolute Gasteiger partial charge is 0.0455 e. The van der Waals surface area contributed by atoms with Gasteiger partial charge in [-0.15, -0.1) is 0 Å². The van der Waals surface area contributed by atoms with E-state index >= 15 is 0 Å². The van der Waals surface area contributed by atoms with Gasteiger partial charge < -0.3 is 5.32 Å². The van der Waals surface area contributed by atoms with E-state index in [4.69, 9.17) is 11.6 Å². The van der Waals surface area contributed by atoms with E-state index in [9.17, 15) is 0 Å². The van der Waals surface area contributed by atoms with Gasteiger partial charge in [0, 0.05) is 21.7 Å². The number of benzene rings is 2. The monoisotopic (exact) mass is 323 g/mol. The first-order valence-corrected chi connectivity index (χ1v) is 6.98. The quantitative estimate of drug-likeness (QED) is 0.804. The molecule has 0 saturated carbocycles. The third kappa shape index (κ3) is 3.27. The highest BCUT2D eigenvalue weighted by atomic mass is 79.9. The summed E-state index contributed by atoms with van der Waals surface area (Å²) in [6, 6.07) is 12.4. The number of rotatable bonds is 3. The van der Waals surface area contributed by atoms with Gasteiger partial charge in [-0.3, -0.25) is 0 Å². The molecule has 1 N–H and O–H groups in total. The lowest BCUT2D eigenvalue weighted by Crippen LogP contribution is -1.99. The molecule has 0 aliphatic heterocycles. The average Bonchev–Trinajstić information content (AvgIpc) is 2.35. The van der Waals surface area contributed by atoms with Gasteiger partial charge in [0.1, 0.15) is 0 Å². The minimum Gasteiger partial charge on any atom is -0.381 e. The van der Waals surface area contributed by atoms with Gasteiger partial charge in [0.2, 0.25) is 0 Å². The minimum atomic E-state index is 0.798. The van der Waals surface area contributed by atoms with E-state index in [1.165, 1.54) is 11.1 Å². The maximum atomic E-state index is 6.10. The van der Waals surface area contributed by atoms with Crippen molar-refractivity contribution < 1.29 is 0 Å². The molecule has 0 bridgehead atoms. The molecular weight excluding hydrogens is 310 g/mol. The molecule has 0 atom stereocenters. The number of anilines is 1. The van der Waals surface area contributed by atoms with E-state index < -0.39 is 0 Å². The van der Waals surface area contributed by atoms with E-state index in [2.05, 4.69) is 46.4 Å². The van der Waals surface area contributed by atoms with Crippen LogP contribution in [0.2, 0.25) is 5.02 Å². The summed E-state index contributed by atoms with van der Waals surface area (Å²) in [6.07, 6.45) is 0. The van der Waals surface area contributed by atoms with Crippen molar-refractivity contribution in [2.75, 3.05) is 5.32 Å². The molecule has 0 aliphatic carbocycles. The van der Waals surface area contributed by atoms with E-state index in [0.29, 0.717) is 0 Å². The normalized spacial score (nSPS) is 10.4. The fourth-order valence-electron chi connectivity index (χ4n) is 1.72. The second kappa shape index (κ2) is 5.77. The van der Waals surface area contributed by atoms with Gasteiger partial charge in [0.15, 0.2) is 0 Å². The van der Waals surface area contributed by atoms with Crippen LogP contribution in [0.3, 0.4) is 0 Å². The van der Waals surface area contributed by atoms with Crippen LogP contribution in [-0.2, 0) is 6.54 Å². The van der Waals surface area contributed by atoms with Crippen LogP contribution < -0.4 is 5.32 Å². The Morgan fingerprint density at radius 1 is 1.06 bits per heavy atom. The second-order valence-corrected chi connectivity index (χ2v) is 5.66. The zero-order valence-corrected chi connectivity index (χ0v) is 12.8. The van der Waals surface area contributed by atoms with E-state index in [-0.39, 0.29) is 0 Å². The predicted octanol–water partition coefficient (Wildman–Crippen LogP) is 5.33. The van der Waals surface area contributed by atoms with Crippen LogP contribution in [0.1, 0.15) is 16.7 Å². The van der Waals surface area contributed by atoms with Gasteiger partial charge in [0.05, 0.1) is 0 Å². The lowest BCUT2D eigenvalue weighted by Gasteiger charge is -2.09. The van der Waals surface area contributed by atoms with E-state index in [1.54, 1.807) is 0 Å². The maximum absolute atomic E-state index is 6.10. The van der Waals surface area contributed by atoms with Gasteiger partial charge in [-0.05, 0) is 48.7 Å². The highest BCUT2D eigenvalue weighted by Crippen LogP contribution is 2.21. The van der Waals surface area contributed by atoms with Crippen molar-refractivity contribution in [1.29, 1.82) is 0 Å². The van der Waals surface area contributed by atoms with Crippen molar-refractivity contribution in [3.63, 3.8) is 0 Å². The molecule has 0 amide bonds. The second-order valence-electron chi connectivity index (χ2n) is 4.40. The van der Waals surface area contributed by atoms with Crippen LogP contribution in [0.4, 0.5) is 5.69 Å². The highest BCUT2D eigenvalue weighted by molar-refractivity contribution is 9.10. The molecular formula is C15H15BrClN. The van der Waals surface area contributed by atoms with Gasteiger partial charge >= 0.3 is 0 Å². The summed E-state index contributed by atoms with van der Waals surface area (Å²) in [5.74, 6) is 0. The van der Waals surface area contributed by atoms with Crippen molar-refractivity contribution in [2.45, 2.75) is 20.4 Å². The Labute approximate surface area is 121 Å². The van der Waals surface area contributed by atoms with Crippen molar-refractivity contribution in [2.24, 2.45) is 0 Å². The fourth-order valence-corrected chi connectivity index (χ4v) is 2.15. The number of aryl methyl sites for hydroxylation is 2. The molecule has 3 heteroatoms. The number of hydrogen-bond donors (Lipinski definition) is 1. The first-order chi connectivity index (χ1) is 8.56. The molecule has 2 aromatic rings. The minimum absolute atomic E-state index is 0.798. The molecule has 1 nitrogen and oxygen atoms in total. The van der Waals surface area contributed by atoms with Crippen LogP contribution in [0, 0.1) is 13.8 Å². The summed E-state index contributed by atoms with van der Waals surface area (Å²) in [6.45, 7) is 4.90. The van der Waals surface area contributed by atoms with E-state index in [1.807, 2.05) is 25.1 Å². The molecule has 0 aromatic heterocycles. The summed E-state index contributed by atoms with van der Waals surface area (Å²) in [5.41, 5.74) is 4.65. The molecule has 0 radical (unpaired) electrons. The largest absolute Gasteiger partial charge is 0.381 e. The summed E-state index contributed by atoms with van der Waals surface area (Å²) in [5, 5.41) is 4.17.